The molecule has 1 aromatic rings. The van der Waals surface area contributed by atoms with Crippen LogP contribution in [0.3, 0.4) is 0 Å². The van der Waals surface area contributed by atoms with Crippen molar-refractivity contribution in [1.82, 2.24) is 4.90 Å². The van der Waals surface area contributed by atoms with Crippen molar-refractivity contribution in [3.63, 3.8) is 0 Å². The molecule has 0 radical (unpaired) electrons. The lowest BCUT2D eigenvalue weighted by Crippen LogP contribution is -2.49. The van der Waals surface area contributed by atoms with E-state index in [0.29, 0.717) is 5.02 Å². The molecule has 1 aromatic carbocycles. The van der Waals surface area contributed by atoms with E-state index in [0.717, 1.165) is 0 Å². The summed E-state index contributed by atoms with van der Waals surface area (Å²) in [5, 5.41) is 18.8. The molecule has 1 aliphatic rings. The number of amides is 1. The van der Waals surface area contributed by atoms with Gasteiger partial charge in [0.15, 0.2) is 17.3 Å². The number of carbonyl (C=O) groups excluding carboxylic acids is 2. The minimum Gasteiger partial charge on any atom is -0.480 e. The quantitative estimate of drug-likeness (QED) is 0.789. The first-order valence-corrected chi connectivity index (χ1v) is 8.48. The lowest BCUT2D eigenvalue weighted by Gasteiger charge is -2.35. The maximum Gasteiger partial charge on any atom is 0.324 e. The number of rotatable bonds is 5. The largest absolute Gasteiger partial charge is 0.480 e. The van der Waals surface area contributed by atoms with Crippen LogP contribution in [-0.4, -0.2) is 46.9 Å². The zero-order valence-electron chi connectivity index (χ0n) is 14.5. The summed E-state index contributed by atoms with van der Waals surface area (Å²) in [6.07, 6.45) is -0.734. The number of carbonyl (C=O) groups is 3. The summed E-state index contributed by atoms with van der Waals surface area (Å²) < 4.78 is 5.65. The zero-order chi connectivity index (χ0) is 19.5. The smallest absolute Gasteiger partial charge is 0.324 e. The molecule has 1 aliphatic heterocycles. The Morgan fingerprint density at radius 2 is 1.96 bits per heavy atom. The van der Waals surface area contributed by atoms with Gasteiger partial charge in [0.1, 0.15) is 5.75 Å². The average Bonchev–Trinajstić information content (AvgIpc) is 2.62. The number of nitrogens with zero attached hydrogens (tertiary/aromatic N) is 2. The standard InChI is InChI=1S/C18H19ClN2O5/c1-11(22)14-9-13(19)3-4-15(14)26-12(2)16(23)21-7-5-18(10-20,6-8-21)17(24)25/h3-4,9,12H,5-8H2,1-2H3,(H,24,25). The van der Waals surface area contributed by atoms with Gasteiger partial charge in [0.05, 0.1) is 11.6 Å². The van der Waals surface area contributed by atoms with Crippen LogP contribution < -0.4 is 4.74 Å². The summed E-state index contributed by atoms with van der Waals surface area (Å²) in [6, 6.07) is 6.43. The molecule has 0 aromatic heterocycles. The van der Waals surface area contributed by atoms with Gasteiger partial charge in [0.25, 0.3) is 5.91 Å². The molecular weight excluding hydrogens is 360 g/mol. The number of hydrogen-bond donors (Lipinski definition) is 1. The predicted molar refractivity (Wildman–Crippen MR) is 93.0 cm³/mol. The van der Waals surface area contributed by atoms with Gasteiger partial charge in [-0.1, -0.05) is 11.6 Å². The average molecular weight is 379 g/mol. The number of halogens is 1. The van der Waals surface area contributed by atoms with Gasteiger partial charge in [-0.2, -0.15) is 5.26 Å². The topological polar surface area (TPSA) is 108 Å². The number of nitriles is 1. The number of carboxylic acids is 1. The fourth-order valence-electron chi connectivity index (χ4n) is 2.86. The minimum atomic E-state index is -1.45. The molecule has 0 saturated carbocycles. The van der Waals surface area contributed by atoms with Crippen molar-refractivity contribution in [3.8, 4) is 11.8 Å². The number of benzene rings is 1. The van der Waals surface area contributed by atoms with Crippen molar-refractivity contribution in [2.45, 2.75) is 32.8 Å². The monoisotopic (exact) mass is 378 g/mol. The molecule has 0 aliphatic carbocycles. The highest BCUT2D eigenvalue weighted by Gasteiger charge is 2.43. The van der Waals surface area contributed by atoms with Gasteiger partial charge in [-0.15, -0.1) is 0 Å². The Hall–Kier alpha value is -2.59. The first-order chi connectivity index (χ1) is 12.2. The van der Waals surface area contributed by atoms with Crippen molar-refractivity contribution in [2.75, 3.05) is 13.1 Å². The summed E-state index contributed by atoms with van der Waals surface area (Å²) in [5.74, 6) is -1.47. The van der Waals surface area contributed by atoms with E-state index in [1.165, 1.54) is 24.0 Å². The summed E-state index contributed by atoms with van der Waals surface area (Å²) in [6.45, 7) is 3.26. The van der Waals surface area contributed by atoms with Gasteiger partial charge in [0.2, 0.25) is 0 Å². The third-order valence-electron chi connectivity index (χ3n) is 4.52. The van der Waals surface area contributed by atoms with Crippen molar-refractivity contribution < 1.29 is 24.2 Å². The Morgan fingerprint density at radius 3 is 2.46 bits per heavy atom. The van der Waals surface area contributed by atoms with Crippen LogP contribution in [0.5, 0.6) is 5.75 Å². The molecule has 26 heavy (non-hydrogen) atoms. The maximum absolute atomic E-state index is 12.6. The second kappa shape index (κ2) is 7.75. The van der Waals surface area contributed by atoms with Crippen LogP contribution in [0.15, 0.2) is 18.2 Å². The molecule has 0 bridgehead atoms. The highest BCUT2D eigenvalue weighted by molar-refractivity contribution is 6.31. The Balaban J connectivity index is 2.07. The first kappa shape index (κ1) is 19.7. The second-order valence-electron chi connectivity index (χ2n) is 6.28. The molecular formula is C18H19ClN2O5. The van der Waals surface area contributed by atoms with Crippen LogP contribution >= 0.6 is 11.6 Å². The minimum absolute atomic E-state index is 0.0664. The SMILES string of the molecule is CC(=O)c1cc(Cl)ccc1OC(C)C(=O)N1CCC(C#N)(C(=O)O)CC1. The molecule has 2 rings (SSSR count). The molecule has 1 fully saturated rings. The summed E-state index contributed by atoms with van der Waals surface area (Å²) in [5.41, 5.74) is -1.16. The second-order valence-corrected chi connectivity index (χ2v) is 6.72. The van der Waals surface area contributed by atoms with Crippen LogP contribution in [0, 0.1) is 16.7 Å². The number of carboxylic acid groups (broad SMARTS) is 1. The fraction of sp³-hybridized carbons (Fsp3) is 0.444. The van der Waals surface area contributed by atoms with Gasteiger partial charge >= 0.3 is 5.97 Å². The number of ether oxygens (including phenoxy) is 1. The third kappa shape index (κ3) is 3.97. The van der Waals surface area contributed by atoms with Gasteiger partial charge in [-0.25, -0.2) is 0 Å². The lowest BCUT2D eigenvalue weighted by atomic mass is 9.80. The Labute approximate surface area is 156 Å². The van der Waals surface area contributed by atoms with E-state index in [2.05, 4.69) is 0 Å². The number of piperidine rings is 1. The van der Waals surface area contributed by atoms with Gasteiger partial charge in [-0.3, -0.25) is 14.4 Å². The number of ketones is 1. The summed E-state index contributed by atoms with van der Waals surface area (Å²) in [7, 11) is 0. The van der Waals surface area contributed by atoms with Crippen LogP contribution in [-0.2, 0) is 9.59 Å². The Kier molecular flexibility index (Phi) is 5.88. The van der Waals surface area contributed by atoms with Gasteiger partial charge < -0.3 is 14.7 Å². The van der Waals surface area contributed by atoms with Crippen molar-refractivity contribution in [3.05, 3.63) is 28.8 Å². The molecule has 0 spiro atoms. The van der Waals surface area contributed by atoms with Crippen molar-refractivity contribution in [1.29, 1.82) is 5.26 Å². The van der Waals surface area contributed by atoms with E-state index >= 15 is 0 Å². The molecule has 1 heterocycles. The molecule has 1 amide bonds. The van der Waals surface area contributed by atoms with E-state index in [9.17, 15) is 19.5 Å². The Bertz CT molecular complexity index is 778. The highest BCUT2D eigenvalue weighted by atomic mass is 35.5. The predicted octanol–water partition coefficient (Wildman–Crippen LogP) is 2.53. The summed E-state index contributed by atoms with van der Waals surface area (Å²) in [4.78, 5) is 37.1. The highest BCUT2D eigenvalue weighted by Crippen LogP contribution is 2.32. The Morgan fingerprint density at radius 1 is 1.35 bits per heavy atom. The summed E-state index contributed by atoms with van der Waals surface area (Å²) >= 11 is 5.89. The van der Waals surface area contributed by atoms with Crippen molar-refractivity contribution >= 4 is 29.3 Å². The molecule has 1 N–H and O–H groups in total. The molecule has 1 saturated heterocycles. The van der Waals surface area contributed by atoms with Crippen LogP contribution in [0.2, 0.25) is 5.02 Å². The number of aliphatic carboxylic acids is 1. The van der Waals surface area contributed by atoms with Crippen LogP contribution in [0.25, 0.3) is 0 Å². The fourth-order valence-corrected chi connectivity index (χ4v) is 3.03. The van der Waals surface area contributed by atoms with Crippen molar-refractivity contribution in [2.24, 2.45) is 5.41 Å². The molecule has 8 heteroatoms. The van der Waals surface area contributed by atoms with Crippen LogP contribution in [0.1, 0.15) is 37.0 Å². The lowest BCUT2D eigenvalue weighted by molar-refractivity contribution is -0.151. The van der Waals surface area contributed by atoms with Crippen LogP contribution in [0.4, 0.5) is 0 Å². The normalized spacial score (nSPS) is 17.1. The first-order valence-electron chi connectivity index (χ1n) is 8.11. The molecule has 1 unspecified atom stereocenters. The van der Waals surface area contributed by atoms with Gasteiger partial charge in [-0.05, 0) is 44.9 Å². The van der Waals surface area contributed by atoms with Gasteiger partial charge in [0, 0.05) is 18.1 Å². The molecule has 7 nitrogen and oxygen atoms in total. The number of Topliss-reactive ketones (excluding diaryl/α,β-unsaturated/α-hetero) is 1. The molecule has 1 atom stereocenters. The van der Waals surface area contributed by atoms with E-state index in [1.807, 2.05) is 6.07 Å². The van der Waals surface area contributed by atoms with E-state index in [-0.39, 0.29) is 48.9 Å². The third-order valence-corrected chi connectivity index (χ3v) is 4.76. The molecule has 138 valence electrons. The zero-order valence-corrected chi connectivity index (χ0v) is 15.2. The number of hydrogen-bond acceptors (Lipinski definition) is 5. The van der Waals surface area contributed by atoms with E-state index in [1.54, 1.807) is 13.0 Å². The number of likely N-dealkylation sites (tertiary alicyclic amines) is 1. The maximum atomic E-state index is 12.6. The van der Waals surface area contributed by atoms with E-state index in [4.69, 9.17) is 21.6 Å². The van der Waals surface area contributed by atoms with E-state index < -0.39 is 17.5 Å².